The van der Waals surface area contributed by atoms with Crippen LogP contribution in [0.2, 0.25) is 0 Å². The molecule has 4 nitrogen and oxygen atoms in total. The van der Waals surface area contributed by atoms with Gasteiger partial charge < -0.3 is 8.92 Å². The van der Waals surface area contributed by atoms with Crippen LogP contribution in [-0.4, -0.2) is 20.3 Å². The summed E-state index contributed by atoms with van der Waals surface area (Å²) in [6.07, 6.45) is 1.77. The van der Waals surface area contributed by atoms with Gasteiger partial charge in [0, 0.05) is 12.0 Å². The molecule has 0 spiro atoms. The van der Waals surface area contributed by atoms with Gasteiger partial charge in [-0.1, -0.05) is 12.1 Å². The van der Waals surface area contributed by atoms with Gasteiger partial charge in [0.2, 0.25) is 0 Å². The largest absolute Gasteiger partial charge is 0.483 e. The third-order valence-electron chi connectivity index (χ3n) is 2.30. The van der Waals surface area contributed by atoms with Gasteiger partial charge in [0.15, 0.2) is 11.5 Å². The zero-order chi connectivity index (χ0) is 12.0. The zero-order valence-electron chi connectivity index (χ0n) is 9.48. The highest BCUT2D eigenvalue weighted by Crippen LogP contribution is 2.42. The van der Waals surface area contributed by atoms with Crippen LogP contribution in [0, 0.1) is 0 Å². The first-order chi connectivity index (χ1) is 7.27. The van der Waals surface area contributed by atoms with E-state index in [4.69, 9.17) is 8.92 Å². The van der Waals surface area contributed by atoms with Gasteiger partial charge in [-0.15, -0.1) is 0 Å². The summed E-state index contributed by atoms with van der Waals surface area (Å²) in [6.45, 7) is 3.91. The Morgan fingerprint density at radius 2 is 2.06 bits per heavy atom. The zero-order valence-corrected chi connectivity index (χ0v) is 10.3. The lowest BCUT2D eigenvalue weighted by Gasteiger charge is -2.17. The Morgan fingerprint density at radius 3 is 2.69 bits per heavy atom. The highest BCUT2D eigenvalue weighted by Gasteiger charge is 2.32. The third kappa shape index (κ3) is 2.29. The van der Waals surface area contributed by atoms with Crippen LogP contribution >= 0.6 is 0 Å². The molecular formula is C11H14O4S. The summed E-state index contributed by atoms with van der Waals surface area (Å²) in [5.41, 5.74) is 0.672. The molecule has 0 bridgehead atoms. The van der Waals surface area contributed by atoms with E-state index in [0.29, 0.717) is 5.75 Å². The van der Waals surface area contributed by atoms with Crippen molar-refractivity contribution in [3.05, 3.63) is 23.8 Å². The Hall–Kier alpha value is -1.23. The lowest BCUT2D eigenvalue weighted by atomic mass is 10.0. The van der Waals surface area contributed by atoms with Crippen LogP contribution in [0.25, 0.3) is 0 Å². The highest BCUT2D eigenvalue weighted by atomic mass is 32.2. The van der Waals surface area contributed by atoms with Crippen LogP contribution in [-0.2, 0) is 16.5 Å². The molecule has 0 saturated carbocycles. The minimum Gasteiger partial charge on any atom is -0.483 e. The van der Waals surface area contributed by atoms with Crippen LogP contribution < -0.4 is 8.92 Å². The van der Waals surface area contributed by atoms with E-state index < -0.39 is 10.1 Å². The second-order valence-corrected chi connectivity index (χ2v) is 6.15. The smallest absolute Gasteiger partial charge is 0.306 e. The maximum Gasteiger partial charge on any atom is 0.306 e. The molecule has 0 radical (unpaired) electrons. The summed E-state index contributed by atoms with van der Waals surface area (Å²) >= 11 is 0. The normalized spacial score (nSPS) is 17.7. The first-order valence-corrected chi connectivity index (χ1v) is 6.79. The van der Waals surface area contributed by atoms with Crippen LogP contribution in [0.5, 0.6) is 11.5 Å². The Bertz CT molecular complexity index is 517. The van der Waals surface area contributed by atoms with Crippen molar-refractivity contribution in [2.24, 2.45) is 0 Å². The number of hydrogen-bond acceptors (Lipinski definition) is 4. The highest BCUT2D eigenvalue weighted by molar-refractivity contribution is 7.86. The van der Waals surface area contributed by atoms with E-state index in [-0.39, 0.29) is 11.4 Å². The van der Waals surface area contributed by atoms with Crippen LogP contribution in [0.1, 0.15) is 19.4 Å². The molecule has 0 amide bonds. The van der Waals surface area contributed by atoms with Crippen LogP contribution in [0.3, 0.4) is 0 Å². The van der Waals surface area contributed by atoms with Gasteiger partial charge >= 0.3 is 10.1 Å². The monoisotopic (exact) mass is 242 g/mol. The summed E-state index contributed by atoms with van der Waals surface area (Å²) in [5.74, 6) is 0.809. The van der Waals surface area contributed by atoms with E-state index in [9.17, 15) is 8.42 Å². The van der Waals surface area contributed by atoms with Gasteiger partial charge in [-0.25, -0.2) is 0 Å². The molecule has 0 unspecified atom stereocenters. The molecule has 1 aromatic rings. The van der Waals surface area contributed by atoms with E-state index in [1.165, 1.54) is 0 Å². The van der Waals surface area contributed by atoms with Gasteiger partial charge in [0.25, 0.3) is 0 Å². The lowest BCUT2D eigenvalue weighted by molar-refractivity contribution is 0.136. The Morgan fingerprint density at radius 1 is 1.38 bits per heavy atom. The van der Waals surface area contributed by atoms with E-state index in [1.54, 1.807) is 12.1 Å². The molecule has 16 heavy (non-hydrogen) atoms. The van der Waals surface area contributed by atoms with E-state index in [1.807, 2.05) is 19.9 Å². The maximum atomic E-state index is 11.1. The maximum absolute atomic E-state index is 11.1. The predicted molar refractivity (Wildman–Crippen MR) is 60.3 cm³/mol. The first-order valence-electron chi connectivity index (χ1n) is 4.97. The molecule has 1 aliphatic heterocycles. The molecule has 0 atom stereocenters. The Labute approximate surface area is 95.3 Å². The van der Waals surface area contributed by atoms with E-state index >= 15 is 0 Å². The van der Waals surface area contributed by atoms with Crippen LogP contribution in [0.4, 0.5) is 0 Å². The molecule has 0 saturated heterocycles. The van der Waals surface area contributed by atoms with E-state index in [2.05, 4.69) is 0 Å². The Balaban J connectivity index is 2.41. The predicted octanol–water partition coefficient (Wildman–Crippen LogP) is 1.74. The van der Waals surface area contributed by atoms with Gasteiger partial charge in [-0.3, -0.25) is 0 Å². The summed E-state index contributed by atoms with van der Waals surface area (Å²) < 4.78 is 32.7. The number of fused-ring (bicyclic) bond motifs is 1. The minimum atomic E-state index is -3.52. The molecular weight excluding hydrogens is 228 g/mol. The summed E-state index contributed by atoms with van der Waals surface area (Å²) in [7, 11) is -3.52. The molecule has 0 aliphatic carbocycles. The van der Waals surface area contributed by atoms with Gasteiger partial charge in [-0.05, 0) is 19.9 Å². The van der Waals surface area contributed by atoms with Crippen molar-refractivity contribution in [1.82, 2.24) is 0 Å². The fourth-order valence-electron chi connectivity index (χ4n) is 1.82. The van der Waals surface area contributed by atoms with Crippen LogP contribution in [0.15, 0.2) is 18.2 Å². The molecule has 0 aromatic heterocycles. The average molecular weight is 242 g/mol. The molecule has 0 fully saturated rings. The number of ether oxygens (including phenoxy) is 1. The summed E-state index contributed by atoms with van der Waals surface area (Å²) in [6, 6.07) is 5.28. The minimum absolute atomic E-state index is 0.269. The quantitative estimate of drug-likeness (QED) is 0.741. The van der Waals surface area contributed by atoms with Gasteiger partial charge in [0.05, 0.1) is 6.26 Å². The second kappa shape index (κ2) is 3.38. The van der Waals surface area contributed by atoms with Crippen molar-refractivity contribution in [1.29, 1.82) is 0 Å². The van der Waals surface area contributed by atoms with Crippen molar-refractivity contribution in [3.8, 4) is 11.5 Å². The van der Waals surface area contributed by atoms with Crippen molar-refractivity contribution in [3.63, 3.8) is 0 Å². The summed E-state index contributed by atoms with van der Waals surface area (Å²) in [5, 5.41) is 0. The molecule has 5 heteroatoms. The Kier molecular flexibility index (Phi) is 2.38. The van der Waals surface area contributed by atoms with Gasteiger partial charge in [0.1, 0.15) is 5.60 Å². The fraction of sp³-hybridized carbons (Fsp3) is 0.455. The SMILES string of the molecule is CC1(C)Cc2cccc(OS(C)(=O)=O)c2O1. The molecule has 1 heterocycles. The molecule has 88 valence electrons. The number of benzene rings is 1. The standard InChI is InChI=1S/C11H14O4S/c1-11(2)7-8-5-4-6-9(10(8)14-11)15-16(3,12)13/h4-6H,7H2,1-3H3. The van der Waals surface area contributed by atoms with Crippen molar-refractivity contribution in [2.75, 3.05) is 6.26 Å². The molecule has 1 aromatic carbocycles. The van der Waals surface area contributed by atoms with Crippen molar-refractivity contribution < 1.29 is 17.3 Å². The summed E-state index contributed by atoms with van der Waals surface area (Å²) in [4.78, 5) is 0. The molecule has 0 N–H and O–H groups in total. The topological polar surface area (TPSA) is 52.6 Å². The van der Waals surface area contributed by atoms with E-state index in [0.717, 1.165) is 18.2 Å². The number of hydrogen-bond donors (Lipinski definition) is 0. The molecule has 2 rings (SSSR count). The van der Waals surface area contributed by atoms with Gasteiger partial charge in [-0.2, -0.15) is 8.42 Å². The van der Waals surface area contributed by atoms with Crippen molar-refractivity contribution >= 4 is 10.1 Å². The average Bonchev–Trinajstić information content (AvgIpc) is 2.37. The molecule has 1 aliphatic rings. The second-order valence-electron chi connectivity index (χ2n) is 4.57. The fourth-order valence-corrected chi connectivity index (χ4v) is 2.27. The van der Waals surface area contributed by atoms with Crippen molar-refractivity contribution in [2.45, 2.75) is 25.9 Å². The number of para-hydroxylation sites is 1. The lowest BCUT2D eigenvalue weighted by Crippen LogP contribution is -2.24. The first kappa shape index (κ1) is 11.3. The third-order valence-corrected chi connectivity index (χ3v) is 2.78. The number of rotatable bonds is 2.